The summed E-state index contributed by atoms with van der Waals surface area (Å²) in [7, 11) is 0. The number of hydrogen-bond acceptors (Lipinski definition) is 9. The van der Waals surface area contributed by atoms with E-state index in [9.17, 15) is 20.0 Å². The van der Waals surface area contributed by atoms with E-state index in [-0.39, 0.29) is 23.7 Å². The first-order valence-corrected chi connectivity index (χ1v) is 18.0. The molecule has 1 saturated heterocycles. The number of ether oxygens (including phenoxy) is 3. The third-order valence-electron chi connectivity index (χ3n) is 9.94. The van der Waals surface area contributed by atoms with Gasteiger partial charge in [0, 0.05) is 5.56 Å². The van der Waals surface area contributed by atoms with Crippen LogP contribution in [0.5, 0.6) is 0 Å². The van der Waals surface area contributed by atoms with E-state index in [2.05, 4.69) is 21.5 Å². The number of rotatable bonds is 11. The summed E-state index contributed by atoms with van der Waals surface area (Å²) in [5.74, 6) is -0.997. The standard InChI is InChI=1S/C45H35N5O6/c46-29-44(38-27-26-36-41(47-30-48-50(36)38)49-42(52)31-16-6-1-7-17-31)40(55-43(53)32-18-8-2-9-19-32)39(51)37(56-44)28-54-45(33-20-10-3-11-21-33,34-22-12-4-13-23-34)35-24-14-5-15-25-35/h1-27,30,37,39-40,51H,28H2,(H,47,48,49,52)/t37-,39?,40+,44+/m1/s1. The zero-order valence-corrected chi connectivity index (χ0v) is 29.9. The quantitative estimate of drug-likeness (QED) is 0.109. The largest absolute Gasteiger partial charge is 0.451 e. The van der Waals surface area contributed by atoms with Crippen LogP contribution in [0.3, 0.4) is 0 Å². The highest BCUT2D eigenvalue weighted by Gasteiger charge is 2.61. The van der Waals surface area contributed by atoms with Crippen LogP contribution in [0.25, 0.3) is 5.52 Å². The summed E-state index contributed by atoms with van der Waals surface area (Å²) < 4.78 is 21.1. The van der Waals surface area contributed by atoms with Crippen molar-refractivity contribution in [2.45, 2.75) is 29.5 Å². The van der Waals surface area contributed by atoms with Crippen LogP contribution in [-0.4, -0.2) is 56.5 Å². The molecule has 56 heavy (non-hydrogen) atoms. The van der Waals surface area contributed by atoms with E-state index in [1.165, 1.54) is 10.8 Å². The number of nitrogens with one attached hydrogen (secondary N) is 1. The molecule has 1 aliphatic rings. The second kappa shape index (κ2) is 15.4. The summed E-state index contributed by atoms with van der Waals surface area (Å²) in [5, 5.41) is 30.5. The normalized spacial score (nSPS) is 19.2. The molecule has 2 N–H and O–H groups in total. The summed E-state index contributed by atoms with van der Waals surface area (Å²) >= 11 is 0. The molecule has 0 bridgehead atoms. The van der Waals surface area contributed by atoms with Crippen LogP contribution < -0.4 is 5.32 Å². The van der Waals surface area contributed by atoms with Crippen molar-refractivity contribution in [3.63, 3.8) is 0 Å². The van der Waals surface area contributed by atoms with Crippen molar-refractivity contribution in [2.75, 3.05) is 11.9 Å². The van der Waals surface area contributed by atoms with Crippen LogP contribution >= 0.6 is 0 Å². The van der Waals surface area contributed by atoms with Gasteiger partial charge in [0.1, 0.15) is 35.7 Å². The van der Waals surface area contributed by atoms with Crippen molar-refractivity contribution in [2.24, 2.45) is 0 Å². The van der Waals surface area contributed by atoms with E-state index < -0.39 is 41.4 Å². The molecule has 1 unspecified atom stereocenters. The SMILES string of the molecule is N#C[C@@]1(c2ccc3c(NC(=O)c4ccccc4)ncnn23)O[C@H](COC(c2ccccc2)(c2ccccc2)c2ccccc2)C(O)[C@@H]1OC(=O)c1ccccc1. The lowest BCUT2D eigenvalue weighted by Gasteiger charge is -2.37. The van der Waals surface area contributed by atoms with Gasteiger partial charge in [-0.25, -0.2) is 14.3 Å². The first-order valence-electron chi connectivity index (χ1n) is 18.0. The van der Waals surface area contributed by atoms with Crippen molar-refractivity contribution in [3.05, 3.63) is 204 Å². The lowest BCUT2D eigenvalue weighted by molar-refractivity contribution is -0.101. The summed E-state index contributed by atoms with van der Waals surface area (Å²) in [4.78, 5) is 31.1. The number of anilines is 1. The highest BCUT2D eigenvalue weighted by molar-refractivity contribution is 6.05. The second-order valence-corrected chi connectivity index (χ2v) is 13.2. The molecule has 276 valence electrons. The molecule has 2 aromatic heterocycles. The zero-order chi connectivity index (χ0) is 38.5. The number of aliphatic hydroxyl groups excluding tert-OH is 1. The number of carbonyl (C=O) groups is 2. The van der Waals surface area contributed by atoms with E-state index in [0.717, 1.165) is 16.7 Å². The van der Waals surface area contributed by atoms with Crippen LogP contribution in [0.4, 0.5) is 5.82 Å². The molecule has 11 heteroatoms. The maximum Gasteiger partial charge on any atom is 0.338 e. The Morgan fingerprint density at radius 2 is 1.29 bits per heavy atom. The van der Waals surface area contributed by atoms with Gasteiger partial charge in [-0.15, -0.1) is 0 Å². The van der Waals surface area contributed by atoms with Gasteiger partial charge in [0.15, 0.2) is 11.9 Å². The van der Waals surface area contributed by atoms with Gasteiger partial charge < -0.3 is 24.6 Å². The van der Waals surface area contributed by atoms with Crippen LogP contribution in [-0.2, 0) is 25.4 Å². The van der Waals surface area contributed by atoms with Gasteiger partial charge in [-0.1, -0.05) is 127 Å². The van der Waals surface area contributed by atoms with Crippen molar-refractivity contribution < 1.29 is 28.9 Å². The van der Waals surface area contributed by atoms with Crippen molar-refractivity contribution in [1.82, 2.24) is 14.6 Å². The Kier molecular flexibility index (Phi) is 9.91. The van der Waals surface area contributed by atoms with E-state index in [4.69, 9.17) is 14.2 Å². The number of carbonyl (C=O) groups excluding carboxylic acids is 2. The van der Waals surface area contributed by atoms with E-state index >= 15 is 0 Å². The number of nitrogens with zero attached hydrogens (tertiary/aromatic N) is 4. The molecule has 8 rings (SSSR count). The summed E-state index contributed by atoms with van der Waals surface area (Å²) in [6.07, 6.45) is -3.06. The first-order chi connectivity index (χ1) is 27.4. The third-order valence-corrected chi connectivity index (χ3v) is 9.94. The van der Waals surface area contributed by atoms with Gasteiger partial charge in [-0.2, -0.15) is 10.4 Å². The number of nitriles is 1. The topological polar surface area (TPSA) is 148 Å². The molecule has 0 aliphatic carbocycles. The van der Waals surface area contributed by atoms with Crippen LogP contribution in [0, 0.1) is 11.3 Å². The first kappa shape index (κ1) is 36.0. The summed E-state index contributed by atoms with van der Waals surface area (Å²) in [5.41, 5.74) is 0.296. The molecule has 1 aliphatic heterocycles. The van der Waals surface area contributed by atoms with Gasteiger partial charge in [-0.05, 0) is 53.1 Å². The molecular formula is C45H35N5O6. The fourth-order valence-corrected chi connectivity index (χ4v) is 7.26. The van der Waals surface area contributed by atoms with Crippen molar-refractivity contribution in [3.8, 4) is 6.07 Å². The smallest absolute Gasteiger partial charge is 0.338 e. The number of amides is 1. The van der Waals surface area contributed by atoms with E-state index in [0.29, 0.717) is 11.1 Å². The molecule has 5 aromatic carbocycles. The molecule has 1 amide bonds. The second-order valence-electron chi connectivity index (χ2n) is 13.2. The maximum absolute atomic E-state index is 13.7. The highest BCUT2D eigenvalue weighted by Crippen LogP contribution is 2.45. The lowest BCUT2D eigenvalue weighted by atomic mass is 9.80. The van der Waals surface area contributed by atoms with Crippen LogP contribution in [0.2, 0.25) is 0 Å². The Morgan fingerprint density at radius 1 is 0.768 bits per heavy atom. The average Bonchev–Trinajstić information content (AvgIpc) is 3.82. The van der Waals surface area contributed by atoms with E-state index in [1.807, 2.05) is 91.0 Å². The molecule has 11 nitrogen and oxygen atoms in total. The Bertz CT molecular complexity index is 2400. The molecule has 0 spiro atoms. The molecule has 4 atom stereocenters. The zero-order valence-electron chi connectivity index (χ0n) is 29.9. The van der Waals surface area contributed by atoms with Gasteiger partial charge in [-0.3, -0.25) is 4.79 Å². The Balaban J connectivity index is 1.20. The Labute approximate surface area is 322 Å². The summed E-state index contributed by atoms with van der Waals surface area (Å²) in [6.45, 7) is -0.237. The predicted octanol–water partition coefficient (Wildman–Crippen LogP) is 6.69. The number of hydrogen-bond donors (Lipinski definition) is 2. The lowest BCUT2D eigenvalue weighted by Crippen LogP contribution is -2.44. The minimum Gasteiger partial charge on any atom is -0.451 e. The summed E-state index contributed by atoms with van der Waals surface area (Å²) in [6, 6.07) is 51.5. The van der Waals surface area contributed by atoms with Crippen molar-refractivity contribution >= 4 is 23.2 Å². The molecule has 1 fully saturated rings. The minimum absolute atomic E-state index is 0.139. The fourth-order valence-electron chi connectivity index (χ4n) is 7.26. The predicted molar refractivity (Wildman–Crippen MR) is 206 cm³/mol. The molecule has 0 radical (unpaired) electrons. The third kappa shape index (κ3) is 6.48. The Morgan fingerprint density at radius 3 is 1.82 bits per heavy atom. The van der Waals surface area contributed by atoms with Crippen LogP contribution in [0.1, 0.15) is 43.1 Å². The van der Waals surface area contributed by atoms with Gasteiger partial charge in [0.2, 0.25) is 5.60 Å². The molecular weight excluding hydrogens is 707 g/mol. The number of aromatic nitrogens is 3. The minimum atomic E-state index is -2.10. The van der Waals surface area contributed by atoms with Crippen molar-refractivity contribution in [1.29, 1.82) is 5.26 Å². The number of fused-ring (bicyclic) bond motifs is 1. The van der Waals surface area contributed by atoms with Gasteiger partial charge >= 0.3 is 5.97 Å². The number of aliphatic hydroxyl groups is 1. The molecule has 3 heterocycles. The number of esters is 1. The highest BCUT2D eigenvalue weighted by atomic mass is 16.6. The van der Waals surface area contributed by atoms with Crippen LogP contribution in [0.15, 0.2) is 170 Å². The molecule has 0 saturated carbocycles. The average molecular weight is 742 g/mol. The Hall–Kier alpha value is -6.97. The fraction of sp³-hybridized carbons (Fsp3) is 0.133. The van der Waals surface area contributed by atoms with Gasteiger partial charge in [0.25, 0.3) is 5.91 Å². The monoisotopic (exact) mass is 741 g/mol. The maximum atomic E-state index is 13.7. The van der Waals surface area contributed by atoms with Gasteiger partial charge in [0.05, 0.1) is 17.9 Å². The molecule has 7 aromatic rings. The number of benzene rings is 5. The van der Waals surface area contributed by atoms with E-state index in [1.54, 1.807) is 72.8 Å².